The SMILES string of the molecule is CCc1cc(=O)oc2nc(OCc3c(-c4ccccc4)noc3C)[nH]c(=O)c12. The van der Waals surface area contributed by atoms with Crippen LogP contribution in [-0.4, -0.2) is 15.1 Å². The van der Waals surface area contributed by atoms with Crippen molar-refractivity contribution in [3.8, 4) is 17.3 Å². The van der Waals surface area contributed by atoms with Crippen molar-refractivity contribution >= 4 is 11.1 Å². The number of benzene rings is 1. The van der Waals surface area contributed by atoms with Crippen LogP contribution in [0.4, 0.5) is 0 Å². The Hall–Kier alpha value is -3.68. The average molecular weight is 379 g/mol. The van der Waals surface area contributed by atoms with Crippen LogP contribution in [-0.2, 0) is 13.0 Å². The lowest BCUT2D eigenvalue weighted by atomic mass is 10.1. The number of aromatic nitrogens is 3. The van der Waals surface area contributed by atoms with Gasteiger partial charge in [0, 0.05) is 11.6 Å². The second-order valence-electron chi connectivity index (χ2n) is 6.22. The van der Waals surface area contributed by atoms with Crippen molar-refractivity contribution in [2.45, 2.75) is 26.9 Å². The highest BCUT2D eigenvalue weighted by atomic mass is 16.5. The van der Waals surface area contributed by atoms with E-state index in [0.29, 0.717) is 23.4 Å². The fraction of sp³-hybridized carbons (Fsp3) is 0.200. The first-order valence-electron chi connectivity index (χ1n) is 8.77. The summed E-state index contributed by atoms with van der Waals surface area (Å²) in [5.74, 6) is 0.599. The molecule has 0 amide bonds. The zero-order chi connectivity index (χ0) is 19.7. The van der Waals surface area contributed by atoms with E-state index in [1.807, 2.05) is 37.3 Å². The molecule has 1 N–H and O–H groups in total. The smallest absolute Gasteiger partial charge is 0.337 e. The number of fused-ring (bicyclic) bond motifs is 1. The largest absolute Gasteiger partial charge is 0.460 e. The first-order chi connectivity index (χ1) is 13.6. The zero-order valence-corrected chi connectivity index (χ0v) is 15.3. The molecule has 0 atom stereocenters. The number of hydrogen-bond acceptors (Lipinski definition) is 7. The van der Waals surface area contributed by atoms with Crippen LogP contribution in [0.5, 0.6) is 6.01 Å². The highest BCUT2D eigenvalue weighted by Crippen LogP contribution is 2.26. The second kappa shape index (κ2) is 7.15. The van der Waals surface area contributed by atoms with Crippen LogP contribution in [0, 0.1) is 6.92 Å². The molecule has 0 fully saturated rings. The van der Waals surface area contributed by atoms with Gasteiger partial charge < -0.3 is 13.7 Å². The van der Waals surface area contributed by atoms with E-state index in [1.54, 1.807) is 6.92 Å². The molecule has 1 aromatic carbocycles. The summed E-state index contributed by atoms with van der Waals surface area (Å²) in [5, 5.41) is 4.34. The molecule has 0 spiro atoms. The number of nitrogens with one attached hydrogen (secondary N) is 1. The monoisotopic (exact) mass is 379 g/mol. The topological polar surface area (TPSA) is 111 Å². The molecular weight excluding hydrogens is 362 g/mol. The number of rotatable bonds is 5. The number of aromatic amines is 1. The average Bonchev–Trinajstić information content (AvgIpc) is 3.06. The van der Waals surface area contributed by atoms with Gasteiger partial charge in [0.15, 0.2) is 0 Å². The first-order valence-corrected chi connectivity index (χ1v) is 8.77. The summed E-state index contributed by atoms with van der Waals surface area (Å²) < 4.78 is 16.0. The molecule has 28 heavy (non-hydrogen) atoms. The fourth-order valence-electron chi connectivity index (χ4n) is 3.00. The Bertz CT molecular complexity index is 1250. The van der Waals surface area contributed by atoms with E-state index in [4.69, 9.17) is 13.7 Å². The van der Waals surface area contributed by atoms with Crippen LogP contribution < -0.4 is 15.9 Å². The molecule has 3 aromatic heterocycles. The van der Waals surface area contributed by atoms with E-state index in [-0.39, 0.29) is 23.7 Å². The summed E-state index contributed by atoms with van der Waals surface area (Å²) in [4.78, 5) is 30.9. The zero-order valence-electron chi connectivity index (χ0n) is 15.3. The standard InChI is InChI=1S/C20H17N3O5/c1-3-12-9-15(24)27-19-16(12)18(25)21-20(22-19)26-10-14-11(2)28-23-17(14)13-7-5-4-6-8-13/h4-9H,3,10H2,1-2H3,(H,21,22,25). The summed E-state index contributed by atoms with van der Waals surface area (Å²) in [5.41, 5.74) is 1.82. The number of H-pyrrole nitrogens is 1. The molecule has 142 valence electrons. The van der Waals surface area contributed by atoms with E-state index in [1.165, 1.54) is 6.07 Å². The summed E-state index contributed by atoms with van der Waals surface area (Å²) in [7, 11) is 0. The normalized spacial score (nSPS) is 11.1. The van der Waals surface area contributed by atoms with E-state index >= 15 is 0 Å². The molecule has 0 radical (unpaired) electrons. The molecule has 8 nitrogen and oxygen atoms in total. The van der Waals surface area contributed by atoms with E-state index in [9.17, 15) is 9.59 Å². The summed E-state index contributed by atoms with van der Waals surface area (Å²) in [6.45, 7) is 3.70. The van der Waals surface area contributed by atoms with Gasteiger partial charge in [-0.25, -0.2) is 4.79 Å². The first kappa shape index (κ1) is 17.7. The van der Waals surface area contributed by atoms with Gasteiger partial charge >= 0.3 is 5.63 Å². The number of aryl methyl sites for hydroxylation is 2. The van der Waals surface area contributed by atoms with Gasteiger partial charge in [0.25, 0.3) is 11.6 Å². The van der Waals surface area contributed by atoms with E-state index in [2.05, 4.69) is 15.1 Å². The summed E-state index contributed by atoms with van der Waals surface area (Å²) in [6.07, 6.45) is 0.507. The van der Waals surface area contributed by atoms with Crippen LogP contribution in [0.25, 0.3) is 22.4 Å². The maximum atomic E-state index is 12.4. The minimum Gasteiger partial charge on any atom is -0.460 e. The maximum Gasteiger partial charge on any atom is 0.337 e. The molecule has 8 heteroatoms. The second-order valence-corrected chi connectivity index (χ2v) is 6.22. The molecule has 0 aliphatic rings. The highest BCUT2D eigenvalue weighted by Gasteiger charge is 2.17. The van der Waals surface area contributed by atoms with Crippen LogP contribution in [0.1, 0.15) is 23.8 Å². The third kappa shape index (κ3) is 3.20. The van der Waals surface area contributed by atoms with Crippen molar-refractivity contribution < 1.29 is 13.7 Å². The van der Waals surface area contributed by atoms with Crippen molar-refractivity contribution in [1.29, 1.82) is 0 Å². The lowest BCUT2D eigenvalue weighted by molar-refractivity contribution is 0.277. The molecular formula is C20H17N3O5. The number of nitrogens with zero attached hydrogens (tertiary/aromatic N) is 2. The van der Waals surface area contributed by atoms with Gasteiger partial charge in [0.2, 0.25) is 5.71 Å². The molecule has 3 heterocycles. The van der Waals surface area contributed by atoms with Crippen LogP contribution in [0.3, 0.4) is 0 Å². The molecule has 4 aromatic rings. The molecule has 0 aliphatic heterocycles. The van der Waals surface area contributed by atoms with E-state index < -0.39 is 11.2 Å². The Labute approximate surface area is 158 Å². The Morgan fingerprint density at radius 2 is 1.96 bits per heavy atom. The van der Waals surface area contributed by atoms with Gasteiger partial charge in [-0.1, -0.05) is 42.4 Å². The number of hydrogen-bond donors (Lipinski definition) is 1. The molecule has 0 saturated carbocycles. The maximum absolute atomic E-state index is 12.4. The highest BCUT2D eigenvalue weighted by molar-refractivity contribution is 5.75. The van der Waals surface area contributed by atoms with E-state index in [0.717, 1.165) is 11.1 Å². The van der Waals surface area contributed by atoms with Gasteiger partial charge in [0.1, 0.15) is 23.4 Å². The lowest BCUT2D eigenvalue weighted by Gasteiger charge is -2.07. The van der Waals surface area contributed by atoms with Crippen molar-refractivity contribution in [3.05, 3.63) is 74.1 Å². The fourth-order valence-corrected chi connectivity index (χ4v) is 3.00. The minimum atomic E-state index is -0.561. The lowest BCUT2D eigenvalue weighted by Crippen LogP contribution is -2.15. The summed E-state index contributed by atoms with van der Waals surface area (Å²) in [6, 6.07) is 10.8. The van der Waals surface area contributed by atoms with Gasteiger partial charge in [-0.05, 0) is 18.9 Å². The van der Waals surface area contributed by atoms with Gasteiger partial charge in [-0.15, -0.1) is 0 Å². The molecule has 4 rings (SSSR count). The Balaban J connectivity index is 1.68. The molecule has 0 bridgehead atoms. The Morgan fingerprint density at radius 3 is 2.71 bits per heavy atom. The van der Waals surface area contributed by atoms with Crippen LogP contribution in [0.15, 0.2) is 54.9 Å². The van der Waals surface area contributed by atoms with Gasteiger partial charge in [-0.2, -0.15) is 4.98 Å². The Kier molecular flexibility index (Phi) is 4.52. The third-order valence-corrected chi connectivity index (χ3v) is 4.44. The predicted molar refractivity (Wildman–Crippen MR) is 101 cm³/mol. The van der Waals surface area contributed by atoms with Crippen molar-refractivity contribution in [2.24, 2.45) is 0 Å². The third-order valence-electron chi connectivity index (χ3n) is 4.44. The van der Waals surface area contributed by atoms with Gasteiger partial charge in [-0.3, -0.25) is 9.78 Å². The minimum absolute atomic E-state index is 0.0477. The predicted octanol–water partition coefficient (Wildman–Crippen LogP) is 2.98. The van der Waals surface area contributed by atoms with Crippen molar-refractivity contribution in [3.63, 3.8) is 0 Å². The quantitative estimate of drug-likeness (QED) is 0.567. The molecule has 0 saturated heterocycles. The summed E-state index contributed by atoms with van der Waals surface area (Å²) >= 11 is 0. The molecule has 0 aliphatic carbocycles. The van der Waals surface area contributed by atoms with Crippen molar-refractivity contribution in [1.82, 2.24) is 15.1 Å². The van der Waals surface area contributed by atoms with Crippen molar-refractivity contribution in [2.75, 3.05) is 0 Å². The Morgan fingerprint density at radius 1 is 1.18 bits per heavy atom. The van der Waals surface area contributed by atoms with Crippen LogP contribution >= 0.6 is 0 Å². The van der Waals surface area contributed by atoms with Crippen LogP contribution in [0.2, 0.25) is 0 Å². The molecule has 0 unspecified atom stereocenters. The van der Waals surface area contributed by atoms with Gasteiger partial charge in [0.05, 0.1) is 5.56 Å². The number of ether oxygens (including phenoxy) is 1.